The molecule has 3 nitrogen and oxygen atoms in total. The molecule has 0 unspecified atom stereocenters. The second kappa shape index (κ2) is 6.60. The molecule has 0 saturated carbocycles. The van der Waals surface area contributed by atoms with Gasteiger partial charge in [-0.05, 0) is 42.3 Å². The van der Waals surface area contributed by atoms with Gasteiger partial charge >= 0.3 is 0 Å². The number of hydrogen-bond acceptors (Lipinski definition) is 2. The van der Waals surface area contributed by atoms with Crippen molar-refractivity contribution in [1.29, 1.82) is 0 Å². The molecule has 0 aliphatic carbocycles. The van der Waals surface area contributed by atoms with Crippen molar-refractivity contribution in [2.24, 2.45) is 0 Å². The van der Waals surface area contributed by atoms with Crippen molar-refractivity contribution in [2.45, 2.75) is 13.5 Å². The first kappa shape index (κ1) is 16.0. The molecule has 0 fully saturated rings. The number of anilines is 1. The highest BCUT2D eigenvalue weighted by Gasteiger charge is 2.15. The van der Waals surface area contributed by atoms with E-state index in [1.54, 1.807) is 18.0 Å². The van der Waals surface area contributed by atoms with Gasteiger partial charge in [0.2, 0.25) is 0 Å². The van der Waals surface area contributed by atoms with Crippen molar-refractivity contribution in [3.8, 4) is 0 Å². The van der Waals surface area contributed by atoms with Crippen molar-refractivity contribution in [3.63, 3.8) is 0 Å². The highest BCUT2D eigenvalue weighted by atomic mass is 19.1. The molecule has 0 bridgehead atoms. The summed E-state index contributed by atoms with van der Waals surface area (Å²) in [7, 11) is 5.70. The van der Waals surface area contributed by atoms with E-state index in [0.717, 1.165) is 16.8 Å². The zero-order valence-corrected chi connectivity index (χ0v) is 13.4. The van der Waals surface area contributed by atoms with Crippen LogP contribution in [0.4, 0.5) is 10.1 Å². The van der Waals surface area contributed by atoms with Crippen LogP contribution in [0.15, 0.2) is 42.5 Å². The Hall–Kier alpha value is -2.36. The Morgan fingerprint density at radius 2 is 1.68 bits per heavy atom. The number of rotatable bonds is 4. The average molecular weight is 300 g/mol. The van der Waals surface area contributed by atoms with E-state index in [2.05, 4.69) is 0 Å². The van der Waals surface area contributed by atoms with E-state index in [0.29, 0.717) is 12.1 Å². The molecule has 2 aromatic rings. The fraction of sp³-hybridized carbons (Fsp3) is 0.278. The largest absolute Gasteiger partial charge is 0.378 e. The predicted molar refractivity (Wildman–Crippen MR) is 87.7 cm³/mol. The molecule has 0 N–H and O–H groups in total. The van der Waals surface area contributed by atoms with E-state index >= 15 is 0 Å². The van der Waals surface area contributed by atoms with Crippen LogP contribution in [0.3, 0.4) is 0 Å². The van der Waals surface area contributed by atoms with Crippen LogP contribution in [0.1, 0.15) is 21.5 Å². The molecule has 0 aliphatic heterocycles. The maximum absolute atomic E-state index is 13.3. The Bertz CT molecular complexity index is 665. The number of amides is 1. The maximum Gasteiger partial charge on any atom is 0.254 e. The first-order chi connectivity index (χ1) is 10.4. The Morgan fingerprint density at radius 3 is 2.27 bits per heavy atom. The first-order valence-corrected chi connectivity index (χ1v) is 7.16. The normalized spacial score (nSPS) is 10.4. The van der Waals surface area contributed by atoms with Gasteiger partial charge in [0.05, 0.1) is 0 Å². The van der Waals surface area contributed by atoms with Gasteiger partial charge in [-0.15, -0.1) is 0 Å². The molecule has 0 aliphatic rings. The summed E-state index contributed by atoms with van der Waals surface area (Å²) < 4.78 is 13.3. The molecule has 4 heteroatoms. The fourth-order valence-corrected chi connectivity index (χ4v) is 2.28. The van der Waals surface area contributed by atoms with Gasteiger partial charge in [0.25, 0.3) is 5.91 Å². The van der Waals surface area contributed by atoms with E-state index in [9.17, 15) is 9.18 Å². The molecular weight excluding hydrogens is 279 g/mol. The van der Waals surface area contributed by atoms with Crippen LogP contribution in [-0.4, -0.2) is 32.0 Å². The van der Waals surface area contributed by atoms with Crippen molar-refractivity contribution in [3.05, 3.63) is 65.0 Å². The third kappa shape index (κ3) is 3.64. The molecule has 2 rings (SSSR count). The third-order valence-corrected chi connectivity index (χ3v) is 3.65. The Balaban J connectivity index is 2.12. The number of carbonyl (C=O) groups excluding carboxylic acids is 1. The SMILES string of the molecule is Cc1ccc(F)cc1C(=O)N(C)Cc1ccc(N(C)C)cc1. The van der Waals surface area contributed by atoms with Gasteiger partial charge in [-0.1, -0.05) is 18.2 Å². The minimum atomic E-state index is -0.391. The van der Waals surface area contributed by atoms with Gasteiger partial charge in [-0.25, -0.2) is 4.39 Å². The molecule has 2 aromatic carbocycles. The number of aryl methyl sites for hydroxylation is 1. The van der Waals surface area contributed by atoms with Crippen LogP contribution in [0.25, 0.3) is 0 Å². The van der Waals surface area contributed by atoms with Crippen molar-refractivity contribution in [2.75, 3.05) is 26.0 Å². The molecule has 0 saturated heterocycles. The van der Waals surface area contributed by atoms with Gasteiger partial charge in [-0.3, -0.25) is 4.79 Å². The lowest BCUT2D eigenvalue weighted by Crippen LogP contribution is -2.27. The molecule has 22 heavy (non-hydrogen) atoms. The van der Waals surface area contributed by atoms with Gasteiger partial charge in [0, 0.05) is 38.9 Å². The summed E-state index contributed by atoms with van der Waals surface area (Å²) in [5, 5.41) is 0. The van der Waals surface area contributed by atoms with Gasteiger partial charge in [0.15, 0.2) is 0 Å². The van der Waals surface area contributed by atoms with E-state index in [4.69, 9.17) is 0 Å². The fourth-order valence-electron chi connectivity index (χ4n) is 2.28. The lowest BCUT2D eigenvalue weighted by atomic mass is 10.1. The summed E-state index contributed by atoms with van der Waals surface area (Å²) in [6.07, 6.45) is 0. The second-order valence-electron chi connectivity index (χ2n) is 5.68. The number of benzene rings is 2. The molecule has 0 heterocycles. The molecule has 0 atom stereocenters. The summed E-state index contributed by atoms with van der Waals surface area (Å²) in [6.45, 7) is 2.30. The Labute approximate surface area is 131 Å². The van der Waals surface area contributed by atoms with E-state index < -0.39 is 5.82 Å². The van der Waals surface area contributed by atoms with Gasteiger partial charge in [0.1, 0.15) is 5.82 Å². The smallest absolute Gasteiger partial charge is 0.254 e. The quantitative estimate of drug-likeness (QED) is 0.863. The van der Waals surface area contributed by atoms with Crippen LogP contribution in [-0.2, 0) is 6.54 Å². The van der Waals surface area contributed by atoms with Crippen molar-refractivity contribution < 1.29 is 9.18 Å². The first-order valence-electron chi connectivity index (χ1n) is 7.16. The second-order valence-corrected chi connectivity index (χ2v) is 5.68. The number of nitrogens with zero attached hydrogens (tertiary/aromatic N) is 2. The summed E-state index contributed by atoms with van der Waals surface area (Å²) >= 11 is 0. The van der Waals surface area contributed by atoms with Crippen LogP contribution >= 0.6 is 0 Å². The van der Waals surface area contributed by atoms with Gasteiger partial charge < -0.3 is 9.80 Å². The zero-order valence-electron chi connectivity index (χ0n) is 13.4. The van der Waals surface area contributed by atoms with E-state index in [1.165, 1.54) is 12.1 Å². The summed E-state index contributed by atoms with van der Waals surface area (Å²) in [5.74, 6) is -0.564. The lowest BCUT2D eigenvalue weighted by molar-refractivity contribution is 0.0784. The minimum absolute atomic E-state index is 0.173. The molecule has 0 radical (unpaired) electrons. The van der Waals surface area contributed by atoms with Gasteiger partial charge in [-0.2, -0.15) is 0 Å². The highest BCUT2D eigenvalue weighted by molar-refractivity contribution is 5.95. The highest BCUT2D eigenvalue weighted by Crippen LogP contribution is 2.16. The van der Waals surface area contributed by atoms with Crippen LogP contribution in [0, 0.1) is 12.7 Å². The lowest BCUT2D eigenvalue weighted by Gasteiger charge is -2.19. The number of halogens is 1. The Kier molecular flexibility index (Phi) is 4.81. The summed E-state index contributed by atoms with van der Waals surface area (Å²) in [4.78, 5) is 16.1. The van der Waals surface area contributed by atoms with Crippen LogP contribution in [0.5, 0.6) is 0 Å². The minimum Gasteiger partial charge on any atom is -0.378 e. The monoisotopic (exact) mass is 300 g/mol. The maximum atomic E-state index is 13.3. The molecule has 0 spiro atoms. The number of carbonyl (C=O) groups is 1. The van der Waals surface area contributed by atoms with E-state index in [1.807, 2.05) is 50.2 Å². The van der Waals surface area contributed by atoms with Crippen LogP contribution < -0.4 is 4.90 Å². The summed E-state index contributed by atoms with van der Waals surface area (Å²) in [6, 6.07) is 12.3. The Morgan fingerprint density at radius 1 is 1.05 bits per heavy atom. The predicted octanol–water partition coefficient (Wildman–Crippen LogP) is 3.47. The molecule has 0 aromatic heterocycles. The van der Waals surface area contributed by atoms with E-state index in [-0.39, 0.29) is 5.91 Å². The van der Waals surface area contributed by atoms with Crippen molar-refractivity contribution >= 4 is 11.6 Å². The number of hydrogen-bond donors (Lipinski definition) is 0. The molecular formula is C18H21FN2O. The third-order valence-electron chi connectivity index (χ3n) is 3.65. The molecule has 116 valence electrons. The topological polar surface area (TPSA) is 23.6 Å². The molecule has 1 amide bonds. The van der Waals surface area contributed by atoms with Crippen molar-refractivity contribution in [1.82, 2.24) is 4.90 Å². The standard InChI is InChI=1S/C18H21FN2O/c1-13-5-8-15(19)11-17(13)18(22)21(4)12-14-6-9-16(10-7-14)20(2)3/h5-11H,12H2,1-4H3. The van der Waals surface area contributed by atoms with Crippen LogP contribution in [0.2, 0.25) is 0 Å². The average Bonchev–Trinajstić information content (AvgIpc) is 2.49. The zero-order chi connectivity index (χ0) is 16.3. The summed E-state index contributed by atoms with van der Waals surface area (Å²) in [5.41, 5.74) is 3.34.